The van der Waals surface area contributed by atoms with Crippen molar-refractivity contribution in [2.24, 2.45) is 0 Å². The third-order valence-corrected chi connectivity index (χ3v) is 5.32. The van der Waals surface area contributed by atoms with E-state index in [9.17, 15) is 4.79 Å². The van der Waals surface area contributed by atoms with Crippen LogP contribution < -0.4 is 9.47 Å². The fraction of sp³-hybridized carbons (Fsp3) is 0.444. The van der Waals surface area contributed by atoms with E-state index < -0.39 is 5.97 Å². The lowest BCUT2D eigenvalue weighted by Crippen LogP contribution is -2.04. The number of carboxylic acid groups (broad SMARTS) is 1. The molecular formula is C18H21ClN2O4S. The first-order valence-corrected chi connectivity index (χ1v) is 9.92. The molecule has 26 heavy (non-hydrogen) atoms. The van der Waals surface area contributed by atoms with E-state index in [0.29, 0.717) is 29.5 Å². The number of aliphatic carboxylic acids is 1. The largest absolute Gasteiger partial charge is 0.481 e. The van der Waals surface area contributed by atoms with Crippen molar-refractivity contribution < 1.29 is 19.4 Å². The molecule has 0 aliphatic carbocycles. The lowest BCUT2D eigenvalue weighted by molar-refractivity contribution is -0.137. The normalized spacial score (nSPS) is 12.5. The number of thioether (sulfide) groups is 1. The Labute approximate surface area is 161 Å². The van der Waals surface area contributed by atoms with Gasteiger partial charge in [-0.2, -0.15) is 0 Å². The lowest BCUT2D eigenvalue weighted by Gasteiger charge is -2.10. The van der Waals surface area contributed by atoms with Gasteiger partial charge in [-0.15, -0.1) is 11.8 Å². The summed E-state index contributed by atoms with van der Waals surface area (Å²) < 4.78 is 12.9. The first kappa shape index (κ1) is 18.9. The first-order valence-electron chi connectivity index (χ1n) is 8.55. The van der Waals surface area contributed by atoms with Gasteiger partial charge >= 0.3 is 5.97 Å². The molecule has 0 saturated heterocycles. The van der Waals surface area contributed by atoms with Crippen LogP contribution in [0.4, 0.5) is 0 Å². The molecular weight excluding hydrogens is 376 g/mol. The molecule has 140 valence electrons. The van der Waals surface area contributed by atoms with Gasteiger partial charge in [0.1, 0.15) is 10.9 Å². The van der Waals surface area contributed by atoms with Gasteiger partial charge < -0.3 is 19.1 Å². The average Bonchev–Trinajstić information content (AvgIpc) is 3.19. The van der Waals surface area contributed by atoms with Crippen molar-refractivity contribution in [1.82, 2.24) is 9.55 Å². The lowest BCUT2D eigenvalue weighted by atomic mass is 10.2. The third-order valence-electron chi connectivity index (χ3n) is 3.98. The molecule has 0 radical (unpaired) electrons. The number of carboxylic acids is 1. The van der Waals surface area contributed by atoms with Crippen molar-refractivity contribution >= 4 is 29.3 Å². The van der Waals surface area contributed by atoms with Crippen LogP contribution in [0.1, 0.15) is 37.6 Å². The molecule has 0 spiro atoms. The van der Waals surface area contributed by atoms with E-state index in [-0.39, 0.29) is 13.2 Å². The minimum atomic E-state index is -0.764. The number of hydrogen-bond donors (Lipinski definition) is 1. The van der Waals surface area contributed by atoms with Gasteiger partial charge in [0.2, 0.25) is 6.79 Å². The van der Waals surface area contributed by atoms with Crippen LogP contribution in [-0.4, -0.2) is 33.2 Å². The zero-order valence-corrected chi connectivity index (χ0v) is 16.1. The number of nitrogens with zero attached hydrogens (tertiary/aromatic N) is 2. The summed E-state index contributed by atoms with van der Waals surface area (Å²) in [4.78, 5) is 15.3. The minimum absolute atomic E-state index is 0.183. The highest BCUT2D eigenvalue weighted by molar-refractivity contribution is 7.99. The number of aryl methyl sites for hydroxylation is 1. The maximum absolute atomic E-state index is 10.6. The molecule has 0 atom stereocenters. The summed E-state index contributed by atoms with van der Waals surface area (Å²) in [7, 11) is 0. The van der Waals surface area contributed by atoms with Gasteiger partial charge in [0, 0.05) is 35.9 Å². The van der Waals surface area contributed by atoms with Crippen molar-refractivity contribution in [2.45, 2.75) is 44.2 Å². The van der Waals surface area contributed by atoms with Crippen LogP contribution in [0.5, 0.6) is 11.5 Å². The van der Waals surface area contributed by atoms with Crippen molar-refractivity contribution in [2.75, 3.05) is 12.5 Å². The maximum Gasteiger partial charge on any atom is 0.303 e. The zero-order chi connectivity index (χ0) is 18.5. The number of rotatable bonds is 9. The SMILES string of the molecule is CCCc1nc(SCCCC(=O)O)cn1Cc1cc2c(cc1Cl)OCO2. The zero-order valence-electron chi connectivity index (χ0n) is 14.5. The summed E-state index contributed by atoms with van der Waals surface area (Å²) in [5, 5.41) is 10.3. The quantitative estimate of drug-likeness (QED) is 0.505. The van der Waals surface area contributed by atoms with Gasteiger partial charge in [0.15, 0.2) is 11.5 Å². The average molecular weight is 397 g/mol. The van der Waals surface area contributed by atoms with Crippen LogP contribution in [-0.2, 0) is 17.8 Å². The van der Waals surface area contributed by atoms with E-state index in [4.69, 9.17) is 31.2 Å². The number of fused-ring (bicyclic) bond motifs is 1. The topological polar surface area (TPSA) is 73.6 Å². The first-order chi connectivity index (χ1) is 12.6. The number of benzene rings is 1. The molecule has 0 amide bonds. The standard InChI is InChI=1S/C18H21ClN2O4S/c1-2-4-16-20-17(26-6-3-5-18(22)23)10-21(16)9-12-7-14-15(8-13(12)19)25-11-24-14/h7-8,10H,2-6,9,11H2,1H3,(H,22,23). The van der Waals surface area contributed by atoms with Gasteiger partial charge in [0.05, 0.1) is 6.54 Å². The molecule has 2 aromatic rings. The van der Waals surface area contributed by atoms with Crippen LogP contribution >= 0.6 is 23.4 Å². The van der Waals surface area contributed by atoms with E-state index in [1.165, 1.54) is 0 Å². The summed E-state index contributed by atoms with van der Waals surface area (Å²) in [5.74, 6) is 2.36. The van der Waals surface area contributed by atoms with Gasteiger partial charge in [-0.25, -0.2) is 4.98 Å². The second-order valence-corrected chi connectivity index (χ2v) is 7.54. The Morgan fingerprint density at radius 1 is 1.38 bits per heavy atom. The Bertz CT molecular complexity index is 794. The van der Waals surface area contributed by atoms with Crippen molar-refractivity contribution in [3.05, 3.63) is 34.7 Å². The van der Waals surface area contributed by atoms with Crippen molar-refractivity contribution in [3.8, 4) is 11.5 Å². The number of ether oxygens (including phenoxy) is 2. The minimum Gasteiger partial charge on any atom is -0.481 e. The van der Waals surface area contributed by atoms with E-state index in [2.05, 4.69) is 11.5 Å². The van der Waals surface area contributed by atoms with Gasteiger partial charge in [0.25, 0.3) is 0 Å². The molecule has 0 fully saturated rings. The fourth-order valence-corrected chi connectivity index (χ4v) is 3.80. The smallest absolute Gasteiger partial charge is 0.303 e. The fourth-order valence-electron chi connectivity index (χ4n) is 2.72. The highest BCUT2D eigenvalue weighted by Crippen LogP contribution is 2.37. The number of halogens is 1. The number of aromatic nitrogens is 2. The van der Waals surface area contributed by atoms with E-state index in [0.717, 1.165) is 35.0 Å². The molecule has 1 aromatic heterocycles. The monoisotopic (exact) mass is 396 g/mol. The summed E-state index contributed by atoms with van der Waals surface area (Å²) in [6.07, 6.45) is 4.69. The number of carbonyl (C=O) groups is 1. The van der Waals surface area contributed by atoms with Crippen molar-refractivity contribution in [1.29, 1.82) is 0 Å². The highest BCUT2D eigenvalue weighted by atomic mass is 35.5. The molecule has 0 unspecified atom stereocenters. The molecule has 3 rings (SSSR count). The van der Waals surface area contributed by atoms with E-state index in [1.54, 1.807) is 17.8 Å². The molecule has 0 saturated carbocycles. The summed E-state index contributed by atoms with van der Waals surface area (Å²) >= 11 is 7.98. The number of hydrogen-bond acceptors (Lipinski definition) is 5. The maximum atomic E-state index is 10.6. The number of imidazole rings is 1. The summed E-state index contributed by atoms with van der Waals surface area (Å²) in [5.41, 5.74) is 0.952. The second kappa shape index (κ2) is 8.68. The Hall–Kier alpha value is -1.86. The van der Waals surface area contributed by atoms with Gasteiger partial charge in [-0.05, 0) is 24.5 Å². The Balaban J connectivity index is 1.73. The van der Waals surface area contributed by atoms with Crippen LogP contribution in [0, 0.1) is 0 Å². The third kappa shape index (κ3) is 4.65. The Morgan fingerprint density at radius 2 is 2.15 bits per heavy atom. The van der Waals surface area contributed by atoms with E-state index >= 15 is 0 Å². The Kier molecular flexibility index (Phi) is 6.32. The predicted octanol–water partition coefficient (Wildman–Crippen LogP) is 4.22. The van der Waals surface area contributed by atoms with Crippen LogP contribution in [0.3, 0.4) is 0 Å². The molecule has 1 aromatic carbocycles. The highest BCUT2D eigenvalue weighted by Gasteiger charge is 2.18. The molecule has 1 aliphatic rings. The predicted molar refractivity (Wildman–Crippen MR) is 100 cm³/mol. The molecule has 2 heterocycles. The molecule has 1 aliphatic heterocycles. The second-order valence-electron chi connectivity index (χ2n) is 6.02. The summed E-state index contributed by atoms with van der Waals surface area (Å²) in [6, 6.07) is 3.71. The van der Waals surface area contributed by atoms with Crippen LogP contribution in [0.25, 0.3) is 0 Å². The van der Waals surface area contributed by atoms with E-state index in [1.807, 2.05) is 12.3 Å². The van der Waals surface area contributed by atoms with Crippen molar-refractivity contribution in [3.63, 3.8) is 0 Å². The molecule has 6 nitrogen and oxygen atoms in total. The molecule has 1 N–H and O–H groups in total. The van der Waals surface area contributed by atoms with Crippen LogP contribution in [0.15, 0.2) is 23.4 Å². The molecule has 8 heteroatoms. The van der Waals surface area contributed by atoms with Gasteiger partial charge in [-0.1, -0.05) is 18.5 Å². The van der Waals surface area contributed by atoms with Crippen LogP contribution in [0.2, 0.25) is 5.02 Å². The van der Waals surface area contributed by atoms with Gasteiger partial charge in [-0.3, -0.25) is 4.79 Å². The Morgan fingerprint density at radius 3 is 2.88 bits per heavy atom. The molecule has 0 bridgehead atoms. The summed E-state index contributed by atoms with van der Waals surface area (Å²) in [6.45, 7) is 2.94.